The van der Waals surface area contributed by atoms with Crippen LogP contribution in [-0.2, 0) is 0 Å². The smallest absolute Gasteiger partial charge is 0.128 e. The molecule has 1 aromatic carbocycles. The van der Waals surface area contributed by atoms with Crippen LogP contribution in [0.1, 0.15) is 11.7 Å². The minimum Gasteiger partial charge on any atom is -0.387 e. The van der Waals surface area contributed by atoms with Gasteiger partial charge in [0.1, 0.15) is 5.82 Å². The molecule has 1 aliphatic heterocycles. The highest BCUT2D eigenvalue weighted by molar-refractivity contribution is 6.33. The van der Waals surface area contributed by atoms with Gasteiger partial charge in [-0.15, -0.1) is 0 Å². The van der Waals surface area contributed by atoms with Gasteiger partial charge in [-0.3, -0.25) is 4.90 Å². The van der Waals surface area contributed by atoms with E-state index in [0.29, 0.717) is 22.2 Å². The minimum absolute atomic E-state index is 0.550. The van der Waals surface area contributed by atoms with Crippen LogP contribution in [0.15, 0.2) is 42.6 Å². The molecule has 2 heterocycles. The van der Waals surface area contributed by atoms with E-state index in [-0.39, 0.29) is 0 Å². The molecule has 1 saturated heterocycles. The van der Waals surface area contributed by atoms with Gasteiger partial charge in [-0.1, -0.05) is 29.3 Å². The van der Waals surface area contributed by atoms with Crippen molar-refractivity contribution in [1.82, 2.24) is 9.88 Å². The fourth-order valence-corrected chi connectivity index (χ4v) is 3.24. The standard InChI is InChI=1S/C17H19Cl2N3O/c18-13-4-5-15(19)14(11-13)16(23)12-21-7-9-22(10-8-21)17-3-1-2-6-20-17/h1-6,11,16,23H,7-10,12H2. The van der Waals surface area contributed by atoms with Gasteiger partial charge in [0.2, 0.25) is 0 Å². The first kappa shape index (κ1) is 16.5. The van der Waals surface area contributed by atoms with Crippen LogP contribution in [0.25, 0.3) is 0 Å². The molecule has 2 aromatic rings. The van der Waals surface area contributed by atoms with E-state index in [1.807, 2.05) is 24.4 Å². The fraction of sp³-hybridized carbons (Fsp3) is 0.353. The second-order valence-corrected chi connectivity index (χ2v) is 6.50. The molecule has 1 atom stereocenters. The summed E-state index contributed by atoms with van der Waals surface area (Å²) in [6, 6.07) is 11.1. The van der Waals surface area contributed by atoms with Crippen LogP contribution in [0.2, 0.25) is 10.0 Å². The van der Waals surface area contributed by atoms with Crippen molar-refractivity contribution in [3.63, 3.8) is 0 Å². The summed E-state index contributed by atoms with van der Waals surface area (Å²) in [6.45, 7) is 4.10. The van der Waals surface area contributed by atoms with E-state index in [1.54, 1.807) is 18.2 Å². The summed E-state index contributed by atoms with van der Waals surface area (Å²) >= 11 is 12.2. The molecule has 0 aliphatic carbocycles. The molecule has 122 valence electrons. The Morgan fingerprint density at radius 3 is 2.57 bits per heavy atom. The lowest BCUT2D eigenvalue weighted by Crippen LogP contribution is -2.47. The first-order valence-electron chi connectivity index (χ1n) is 7.65. The maximum Gasteiger partial charge on any atom is 0.128 e. The van der Waals surface area contributed by atoms with Gasteiger partial charge >= 0.3 is 0 Å². The monoisotopic (exact) mass is 351 g/mol. The van der Waals surface area contributed by atoms with Crippen molar-refractivity contribution >= 4 is 29.0 Å². The predicted molar refractivity (Wildman–Crippen MR) is 94.3 cm³/mol. The van der Waals surface area contributed by atoms with Crippen molar-refractivity contribution in [2.45, 2.75) is 6.10 Å². The Labute approximate surface area is 146 Å². The highest BCUT2D eigenvalue weighted by atomic mass is 35.5. The van der Waals surface area contributed by atoms with Gasteiger partial charge < -0.3 is 10.0 Å². The van der Waals surface area contributed by atoms with Gasteiger partial charge in [0.15, 0.2) is 0 Å². The summed E-state index contributed by atoms with van der Waals surface area (Å²) in [5.74, 6) is 1.01. The van der Waals surface area contributed by atoms with E-state index in [4.69, 9.17) is 23.2 Å². The average molecular weight is 352 g/mol. The van der Waals surface area contributed by atoms with Gasteiger partial charge in [-0.25, -0.2) is 4.98 Å². The third kappa shape index (κ3) is 4.15. The minimum atomic E-state index is -0.636. The summed E-state index contributed by atoms with van der Waals surface area (Å²) < 4.78 is 0. The number of β-amino-alcohol motifs (C(OH)–C–C–N with tert-alkyl or cyclic N) is 1. The first-order chi connectivity index (χ1) is 11.1. The molecular weight excluding hydrogens is 333 g/mol. The molecule has 0 radical (unpaired) electrons. The summed E-state index contributed by atoms with van der Waals surface area (Å²) in [5.41, 5.74) is 0.686. The molecule has 1 aromatic heterocycles. The molecule has 1 N–H and O–H groups in total. The van der Waals surface area contributed by atoms with Crippen molar-refractivity contribution in [1.29, 1.82) is 0 Å². The molecule has 0 amide bonds. The maximum atomic E-state index is 10.5. The summed E-state index contributed by atoms with van der Waals surface area (Å²) in [6.07, 6.45) is 1.18. The van der Waals surface area contributed by atoms with Crippen LogP contribution in [0.3, 0.4) is 0 Å². The van der Waals surface area contributed by atoms with Crippen molar-refractivity contribution in [2.24, 2.45) is 0 Å². The number of rotatable bonds is 4. The lowest BCUT2D eigenvalue weighted by molar-refractivity contribution is 0.109. The first-order valence-corrected chi connectivity index (χ1v) is 8.40. The van der Waals surface area contributed by atoms with Crippen LogP contribution in [0.4, 0.5) is 5.82 Å². The van der Waals surface area contributed by atoms with E-state index in [9.17, 15) is 5.11 Å². The Kier molecular flexibility index (Phi) is 5.38. The highest BCUT2D eigenvalue weighted by Gasteiger charge is 2.21. The van der Waals surface area contributed by atoms with Gasteiger partial charge in [-0.05, 0) is 30.3 Å². The Morgan fingerprint density at radius 2 is 1.87 bits per heavy atom. The molecule has 4 nitrogen and oxygen atoms in total. The molecule has 1 fully saturated rings. The Balaban J connectivity index is 1.57. The van der Waals surface area contributed by atoms with Crippen LogP contribution < -0.4 is 4.90 Å². The van der Waals surface area contributed by atoms with E-state index < -0.39 is 6.10 Å². The summed E-state index contributed by atoms with van der Waals surface area (Å²) in [7, 11) is 0. The largest absolute Gasteiger partial charge is 0.387 e. The van der Waals surface area contributed by atoms with Crippen LogP contribution >= 0.6 is 23.2 Å². The van der Waals surface area contributed by atoms with Crippen molar-refractivity contribution in [3.8, 4) is 0 Å². The number of pyridine rings is 1. The third-order valence-corrected chi connectivity index (χ3v) is 4.67. The molecule has 6 heteroatoms. The van der Waals surface area contributed by atoms with E-state index >= 15 is 0 Å². The zero-order valence-electron chi connectivity index (χ0n) is 12.7. The maximum absolute atomic E-state index is 10.5. The number of anilines is 1. The number of hydrogen-bond acceptors (Lipinski definition) is 4. The van der Waals surface area contributed by atoms with E-state index in [1.165, 1.54) is 0 Å². The molecular formula is C17H19Cl2N3O. The molecule has 0 spiro atoms. The quantitative estimate of drug-likeness (QED) is 0.917. The lowest BCUT2D eigenvalue weighted by Gasteiger charge is -2.36. The SMILES string of the molecule is OC(CN1CCN(c2ccccn2)CC1)c1cc(Cl)ccc1Cl. The van der Waals surface area contributed by atoms with Crippen molar-refractivity contribution in [2.75, 3.05) is 37.6 Å². The highest BCUT2D eigenvalue weighted by Crippen LogP contribution is 2.27. The Bertz CT molecular complexity index is 646. The molecule has 0 bridgehead atoms. The summed E-state index contributed by atoms with van der Waals surface area (Å²) in [5, 5.41) is 11.6. The van der Waals surface area contributed by atoms with E-state index in [2.05, 4.69) is 14.8 Å². The number of hydrogen-bond donors (Lipinski definition) is 1. The zero-order valence-corrected chi connectivity index (χ0v) is 14.2. The second-order valence-electron chi connectivity index (χ2n) is 5.66. The third-order valence-electron chi connectivity index (χ3n) is 4.09. The second kappa shape index (κ2) is 7.49. The number of halogens is 2. The Morgan fingerprint density at radius 1 is 1.09 bits per heavy atom. The van der Waals surface area contributed by atoms with Crippen LogP contribution in [0, 0.1) is 0 Å². The van der Waals surface area contributed by atoms with Gasteiger partial charge in [-0.2, -0.15) is 0 Å². The van der Waals surface area contributed by atoms with E-state index in [0.717, 1.165) is 32.0 Å². The van der Waals surface area contributed by atoms with Gasteiger partial charge in [0.05, 0.1) is 6.10 Å². The number of benzene rings is 1. The molecule has 1 unspecified atom stereocenters. The van der Waals surface area contributed by atoms with Crippen molar-refractivity contribution in [3.05, 3.63) is 58.2 Å². The predicted octanol–water partition coefficient (Wildman–Crippen LogP) is 3.24. The number of nitrogens with zero attached hydrogens (tertiary/aromatic N) is 3. The van der Waals surface area contributed by atoms with Gasteiger partial charge in [0, 0.05) is 54.5 Å². The van der Waals surface area contributed by atoms with Crippen LogP contribution in [0.5, 0.6) is 0 Å². The molecule has 3 rings (SSSR count). The number of aliphatic hydroxyl groups is 1. The molecule has 1 aliphatic rings. The average Bonchev–Trinajstić information content (AvgIpc) is 2.58. The lowest BCUT2D eigenvalue weighted by atomic mass is 10.1. The topological polar surface area (TPSA) is 39.6 Å². The molecule has 0 saturated carbocycles. The molecule has 23 heavy (non-hydrogen) atoms. The number of piperazine rings is 1. The van der Waals surface area contributed by atoms with Gasteiger partial charge in [0.25, 0.3) is 0 Å². The fourth-order valence-electron chi connectivity index (χ4n) is 2.81. The Hall–Kier alpha value is -1.33. The zero-order chi connectivity index (χ0) is 16.2. The van der Waals surface area contributed by atoms with Crippen LogP contribution in [-0.4, -0.2) is 47.7 Å². The van der Waals surface area contributed by atoms with Crippen molar-refractivity contribution < 1.29 is 5.11 Å². The number of aliphatic hydroxyl groups excluding tert-OH is 1. The normalized spacial score (nSPS) is 17.3. The summed E-state index contributed by atoms with van der Waals surface area (Å²) in [4.78, 5) is 8.88. The number of aromatic nitrogens is 1.